The number of hydrogen-bond acceptors (Lipinski definition) is 14. The molecule has 1 saturated heterocycles. The molecular weight excluding hydrogens is 1190 g/mol. The zero-order valence-corrected chi connectivity index (χ0v) is 54.1. The number of benzene rings is 2. The van der Waals surface area contributed by atoms with Crippen LogP contribution in [0.15, 0.2) is 53.1 Å². The van der Waals surface area contributed by atoms with E-state index < -0.39 is 47.7 Å². The van der Waals surface area contributed by atoms with Crippen molar-refractivity contribution < 1.29 is 78.3 Å². The molecule has 17 nitrogen and oxygen atoms in total. The van der Waals surface area contributed by atoms with Crippen molar-refractivity contribution in [1.82, 2.24) is 20.3 Å². The molecule has 1 fully saturated rings. The lowest BCUT2D eigenvalue weighted by atomic mass is 9.98. The summed E-state index contributed by atoms with van der Waals surface area (Å²) in [5, 5.41) is 9.43. The molecule has 81 heavy (non-hydrogen) atoms. The molecule has 1 atom stereocenters. The maximum Gasteiger partial charge on any atom is 0.522 e. The van der Waals surface area contributed by atoms with E-state index in [-0.39, 0.29) is 107 Å². The van der Waals surface area contributed by atoms with Gasteiger partial charge in [-0.2, -0.15) is 62.1 Å². The number of carbonyl (C=O) groups excluding carboxylic acids is 5. The normalized spacial score (nSPS) is 12.4. The number of halogens is 6. The van der Waals surface area contributed by atoms with Crippen LogP contribution in [-0.4, -0.2) is 127 Å². The van der Waals surface area contributed by atoms with Gasteiger partial charge < -0.3 is 37.7 Å². The number of likely N-dealkylation sites (N-methyl/N-ethyl adjacent to an activating group) is 1. The second-order valence-electron chi connectivity index (χ2n) is 18.5. The fraction of sp³-hybridized carbons (Fsp3) is 0.623. The van der Waals surface area contributed by atoms with Crippen molar-refractivity contribution in [3.05, 3.63) is 70.8 Å². The van der Waals surface area contributed by atoms with Crippen molar-refractivity contribution in [3.8, 4) is 11.3 Å². The Kier molecular flexibility index (Phi) is 44.5. The zero-order valence-electron chi connectivity index (χ0n) is 49.5. The summed E-state index contributed by atoms with van der Waals surface area (Å²) in [6.07, 6.45) is 7.53. The van der Waals surface area contributed by atoms with Crippen molar-refractivity contribution in [3.63, 3.8) is 0 Å². The maximum atomic E-state index is 13.8. The molecule has 1 aromatic heterocycles. The number of nitrogens with zero attached hydrogens (tertiary/aromatic N) is 3. The van der Waals surface area contributed by atoms with E-state index in [2.05, 4.69) is 56.8 Å². The van der Waals surface area contributed by atoms with Crippen LogP contribution in [0.3, 0.4) is 0 Å². The first-order valence-corrected chi connectivity index (χ1v) is 31.0. The number of methoxy groups -OCH3 is 2. The van der Waals surface area contributed by atoms with Gasteiger partial charge in [0.1, 0.15) is 23.9 Å². The zero-order chi connectivity index (χ0) is 60.4. The highest BCUT2D eigenvalue weighted by Crippen LogP contribution is 2.28. The molecule has 0 radical (unpaired) electrons. The summed E-state index contributed by atoms with van der Waals surface area (Å²) < 4.78 is 113. The Morgan fingerprint density at radius 1 is 0.852 bits per heavy atom. The van der Waals surface area contributed by atoms with Gasteiger partial charge in [-0.15, -0.1) is 0 Å². The van der Waals surface area contributed by atoms with Gasteiger partial charge in [-0.3, -0.25) is 24.5 Å². The van der Waals surface area contributed by atoms with Crippen LogP contribution in [0.25, 0.3) is 11.3 Å². The number of hydrogen-bond donors (Lipinski definition) is 2. The number of ether oxygens (including phenoxy) is 3. The molecule has 2 heterocycles. The molecule has 3 amide bonds. The summed E-state index contributed by atoms with van der Waals surface area (Å²) in [5.74, 6) is -0.144. The van der Waals surface area contributed by atoms with E-state index in [1.54, 1.807) is 31.0 Å². The third kappa shape index (κ3) is 34.9. The Morgan fingerprint density at radius 3 is 1.83 bits per heavy atom. The van der Waals surface area contributed by atoms with Gasteiger partial charge in [-0.1, -0.05) is 108 Å². The van der Waals surface area contributed by atoms with E-state index in [1.807, 2.05) is 0 Å². The minimum absolute atomic E-state index is 0. The van der Waals surface area contributed by atoms with Gasteiger partial charge in [0.25, 0.3) is 0 Å². The minimum atomic E-state index is -5.39. The summed E-state index contributed by atoms with van der Waals surface area (Å²) >= 11 is 6.03. The fourth-order valence-electron chi connectivity index (χ4n) is 7.16. The molecule has 0 spiro atoms. The SMILES string of the molecule is CCC(CC)CCC(=O)OC.CCC(CC)CCC(=O)OC.CN(C(=O)CCc1cccc(F)c1Cl)[C@@H](CCC(=O)N1CCNCC1)COC(=O)Nc1cc(-c2cccc(F)c2)no1.C[Si](C)(C)OS(=O)(=O)C(F)(F)F.S.S.S.[2H]CC. The topological polar surface area (TPSA) is 213 Å². The van der Waals surface area contributed by atoms with Gasteiger partial charge >= 0.3 is 33.7 Å². The third-order valence-electron chi connectivity index (χ3n) is 11.9. The van der Waals surface area contributed by atoms with Crippen LogP contribution in [0.2, 0.25) is 24.7 Å². The van der Waals surface area contributed by atoms with Crippen molar-refractivity contribution >= 4 is 106 Å². The van der Waals surface area contributed by atoms with E-state index in [9.17, 15) is 54.3 Å². The Hall–Kier alpha value is -4.12. The summed E-state index contributed by atoms with van der Waals surface area (Å²) in [7, 11) is -3.66. The van der Waals surface area contributed by atoms with E-state index in [1.165, 1.54) is 75.2 Å². The van der Waals surface area contributed by atoms with Gasteiger partial charge in [0.15, 0.2) is 0 Å². The molecule has 3 aromatic rings. The molecule has 468 valence electrons. The Bertz CT molecular complexity index is 2360. The van der Waals surface area contributed by atoms with Gasteiger partial charge in [-0.05, 0) is 80.9 Å². The number of nitrogens with one attached hydrogen (secondary N) is 2. The smallest absolute Gasteiger partial charge is 0.469 e. The standard InChI is InChI=1S/C29H32ClF2N5O5.2C9H18O2.C4H9F3O3SSi.C2H6.3H2S/c1-36(26(38)10-8-19-4-3-7-23(32)28(19)30)22(9-11-27(39)37-14-12-33-13-15-37)18-41-29(40)34-25-17-24(35-42-25)20-5-2-6-21(31)16-20;2*1-4-8(5-2)6-7-9(10)11-3;1-12(2,3)10-11(8,9)4(5,6)7;1-2;;;/h2-7,16-17,22,33H,8-15,18H2,1H3,(H,34,40);2*8H,4-7H2,1-3H3;1-3H3;1-2H3;3*1H2/t22-;;;;;;;/m0......./s1/i;;;;1D;;;. The van der Waals surface area contributed by atoms with Gasteiger partial charge in [0.2, 0.25) is 26.0 Å². The quantitative estimate of drug-likeness (QED) is 0.0297. The minimum Gasteiger partial charge on any atom is -0.469 e. The molecule has 1 aliphatic heterocycles. The third-order valence-corrected chi connectivity index (χ3v) is 15.8. The highest BCUT2D eigenvalue weighted by atomic mass is 35.5. The van der Waals surface area contributed by atoms with Crippen molar-refractivity contribution in [2.75, 3.05) is 59.4 Å². The Labute approximate surface area is 505 Å². The Morgan fingerprint density at radius 2 is 1.37 bits per heavy atom. The number of aryl methyl sites for hydroxylation is 1. The lowest BCUT2D eigenvalue weighted by Gasteiger charge is -2.30. The van der Waals surface area contributed by atoms with Crippen molar-refractivity contribution in [1.29, 1.82) is 0 Å². The molecule has 4 rings (SSSR count). The van der Waals surface area contributed by atoms with E-state index in [0.717, 1.165) is 38.5 Å². The first kappa shape index (κ1) is 81.1. The van der Waals surface area contributed by atoms with Crippen LogP contribution in [-0.2, 0) is 53.8 Å². The molecule has 0 saturated carbocycles. The summed E-state index contributed by atoms with van der Waals surface area (Å²) in [4.78, 5) is 63.1. The molecule has 0 aliphatic carbocycles. The number of anilines is 1. The number of esters is 2. The number of alkyl halides is 3. The van der Waals surface area contributed by atoms with Crippen LogP contribution in [0.5, 0.6) is 0 Å². The second kappa shape index (κ2) is 44.4. The summed E-state index contributed by atoms with van der Waals surface area (Å²) in [6.45, 7) is 17.4. The largest absolute Gasteiger partial charge is 0.522 e. The van der Waals surface area contributed by atoms with Crippen LogP contribution >= 0.6 is 52.1 Å². The number of piperazine rings is 1. The molecule has 1 aliphatic rings. The van der Waals surface area contributed by atoms with Crippen LogP contribution in [0.4, 0.5) is 32.6 Å². The lowest BCUT2D eigenvalue weighted by molar-refractivity contribution is -0.141. The highest BCUT2D eigenvalue weighted by Gasteiger charge is 2.49. The molecule has 0 unspecified atom stereocenters. The second-order valence-corrected chi connectivity index (χ2v) is 25.2. The highest BCUT2D eigenvalue weighted by molar-refractivity contribution is 7.88. The van der Waals surface area contributed by atoms with E-state index in [0.29, 0.717) is 74.6 Å². The monoisotopic (exact) mass is 1270 g/mol. The number of aromatic nitrogens is 1. The Balaban J connectivity index is -0.000000620. The van der Waals surface area contributed by atoms with Crippen molar-refractivity contribution in [2.24, 2.45) is 11.8 Å². The molecule has 0 bridgehead atoms. The average Bonchev–Trinajstić information content (AvgIpc) is 3.87. The van der Waals surface area contributed by atoms with Gasteiger partial charge in [0.05, 0.1) is 25.3 Å². The molecule has 28 heteroatoms. The lowest BCUT2D eigenvalue weighted by Crippen LogP contribution is -2.47. The first-order chi connectivity index (χ1) is 37.1. The van der Waals surface area contributed by atoms with Crippen molar-refractivity contribution in [2.45, 2.75) is 150 Å². The van der Waals surface area contributed by atoms with Crippen LogP contribution < -0.4 is 10.6 Å². The summed E-state index contributed by atoms with van der Waals surface area (Å²) in [5.41, 5.74) is -4.02. The molecule has 2 aromatic carbocycles. The molecule has 2 N–H and O–H groups in total. The fourth-order valence-corrected chi connectivity index (χ4v) is 10.4. The average molecular weight is 1280 g/mol. The van der Waals surface area contributed by atoms with Crippen LogP contribution in [0, 0.1) is 23.5 Å². The number of rotatable bonds is 23. The van der Waals surface area contributed by atoms with Crippen LogP contribution in [0.1, 0.15) is 119 Å². The van der Waals surface area contributed by atoms with Gasteiger partial charge in [0, 0.05) is 71.9 Å². The predicted octanol–water partition coefficient (Wildman–Crippen LogP) is 12.3. The van der Waals surface area contributed by atoms with E-state index in [4.69, 9.17) is 22.2 Å². The van der Waals surface area contributed by atoms with E-state index >= 15 is 0 Å². The number of carbonyl (C=O) groups is 5. The molecular formula is C53H89ClF5N5O12S4Si. The van der Waals surface area contributed by atoms with Gasteiger partial charge in [-0.25, -0.2) is 13.6 Å². The predicted molar refractivity (Wildman–Crippen MR) is 324 cm³/mol. The number of amides is 3. The summed E-state index contributed by atoms with van der Waals surface area (Å²) in [6, 6.07) is 11.0. The first-order valence-electron chi connectivity index (χ1n) is 26.6. The maximum absolute atomic E-state index is 13.8.